The second kappa shape index (κ2) is 9.70. The Hall–Kier alpha value is -1.69. The Morgan fingerprint density at radius 3 is 2.68 bits per heavy atom. The first-order valence-electron chi connectivity index (χ1n) is 8.70. The topological polar surface area (TPSA) is 54.0 Å². The monoisotopic (exact) mass is 348 g/mol. The van der Waals surface area contributed by atoms with Gasteiger partial charge in [0.2, 0.25) is 0 Å². The van der Waals surface area contributed by atoms with Crippen LogP contribution in [0.4, 0.5) is 0 Å². The minimum Gasteiger partial charge on any atom is -0.454 e. The summed E-state index contributed by atoms with van der Waals surface area (Å²) in [6.07, 6.45) is 3.28. The number of hydrogen-bond acceptors (Lipinski definition) is 5. The molecule has 0 aliphatic carbocycles. The summed E-state index contributed by atoms with van der Waals surface area (Å²) in [5.74, 6) is -0.380. The number of esters is 1. The molecule has 1 saturated heterocycles. The maximum Gasteiger partial charge on any atom is 0.338 e. The summed E-state index contributed by atoms with van der Waals surface area (Å²) in [6.45, 7) is 9.21. The molecule has 0 amide bonds. The molecule has 0 N–H and O–H groups in total. The number of carbonyl (C=O) groups excluding carboxylic acids is 1. The van der Waals surface area contributed by atoms with Crippen LogP contribution in [0.1, 0.15) is 37.0 Å². The van der Waals surface area contributed by atoms with Crippen molar-refractivity contribution in [2.24, 2.45) is 0 Å². The van der Waals surface area contributed by atoms with Gasteiger partial charge in [0.15, 0.2) is 0 Å². The van der Waals surface area contributed by atoms with Crippen molar-refractivity contribution in [3.8, 4) is 0 Å². The molecule has 2 rings (SSSR count). The Labute approximate surface area is 149 Å². The van der Waals surface area contributed by atoms with E-state index in [2.05, 4.69) is 20.4 Å². The first-order chi connectivity index (χ1) is 12.0. The third kappa shape index (κ3) is 6.98. The van der Waals surface area contributed by atoms with Crippen LogP contribution in [-0.2, 0) is 18.9 Å². The van der Waals surface area contributed by atoms with Gasteiger partial charge in [-0.1, -0.05) is 24.3 Å². The Bertz CT molecular complexity index is 540. The van der Waals surface area contributed by atoms with Crippen LogP contribution in [0.25, 0.3) is 0 Å². The second-order valence-electron chi connectivity index (χ2n) is 6.80. The van der Waals surface area contributed by atoms with Gasteiger partial charge in [0.25, 0.3) is 0 Å². The number of benzene rings is 1. The Morgan fingerprint density at radius 2 is 2.04 bits per heavy atom. The van der Waals surface area contributed by atoms with Crippen LogP contribution in [0.3, 0.4) is 0 Å². The van der Waals surface area contributed by atoms with E-state index in [0.717, 1.165) is 12.8 Å². The van der Waals surface area contributed by atoms with E-state index in [4.69, 9.17) is 18.9 Å². The van der Waals surface area contributed by atoms with Gasteiger partial charge in [-0.2, -0.15) is 0 Å². The fourth-order valence-electron chi connectivity index (χ4n) is 2.72. The highest BCUT2D eigenvalue weighted by Gasteiger charge is 2.31. The van der Waals surface area contributed by atoms with E-state index in [-0.39, 0.29) is 30.9 Å². The summed E-state index contributed by atoms with van der Waals surface area (Å²) in [5.41, 5.74) is 0.428. The van der Waals surface area contributed by atoms with Gasteiger partial charge < -0.3 is 18.9 Å². The second-order valence-corrected chi connectivity index (χ2v) is 6.80. The maximum atomic E-state index is 12.2. The zero-order chi connectivity index (χ0) is 18.1. The van der Waals surface area contributed by atoms with Gasteiger partial charge in [-0.25, -0.2) is 4.79 Å². The zero-order valence-electron chi connectivity index (χ0n) is 15.1. The summed E-state index contributed by atoms with van der Waals surface area (Å²) < 4.78 is 22.6. The molecule has 1 aliphatic rings. The van der Waals surface area contributed by atoms with Crippen molar-refractivity contribution >= 4 is 5.97 Å². The van der Waals surface area contributed by atoms with Crippen molar-refractivity contribution < 1.29 is 23.7 Å². The molecule has 138 valence electrons. The molecule has 5 heteroatoms. The molecule has 0 aromatic heterocycles. The van der Waals surface area contributed by atoms with E-state index >= 15 is 0 Å². The Morgan fingerprint density at radius 1 is 1.32 bits per heavy atom. The summed E-state index contributed by atoms with van der Waals surface area (Å²) in [6, 6.07) is 8.90. The van der Waals surface area contributed by atoms with Crippen LogP contribution in [0, 0.1) is 0 Å². The van der Waals surface area contributed by atoms with E-state index in [1.807, 2.05) is 6.07 Å². The van der Waals surface area contributed by atoms with Crippen molar-refractivity contribution in [2.45, 2.75) is 44.5 Å². The molecule has 2 unspecified atom stereocenters. The average molecular weight is 348 g/mol. The number of carbonyl (C=O) groups is 1. The maximum absolute atomic E-state index is 12.2. The van der Waals surface area contributed by atoms with Crippen molar-refractivity contribution in [3.63, 3.8) is 0 Å². The third-order valence-electron chi connectivity index (χ3n) is 3.98. The number of hydrogen-bond donors (Lipinski definition) is 0. The number of ether oxygens (including phenoxy) is 4. The zero-order valence-corrected chi connectivity index (χ0v) is 15.1. The molecule has 1 heterocycles. The quantitative estimate of drug-likeness (QED) is 0.368. The van der Waals surface area contributed by atoms with Gasteiger partial charge in [0, 0.05) is 0 Å². The summed E-state index contributed by atoms with van der Waals surface area (Å²) >= 11 is 0. The highest BCUT2D eigenvalue weighted by molar-refractivity contribution is 5.89. The predicted molar refractivity (Wildman–Crippen MR) is 95.7 cm³/mol. The molecule has 1 aromatic rings. The molecule has 25 heavy (non-hydrogen) atoms. The lowest BCUT2D eigenvalue weighted by atomic mass is 10.1. The lowest BCUT2D eigenvalue weighted by molar-refractivity contribution is -0.0771. The first kappa shape index (κ1) is 19.6. The molecule has 5 nitrogen and oxygen atoms in total. The summed E-state index contributed by atoms with van der Waals surface area (Å²) in [7, 11) is 0. The van der Waals surface area contributed by atoms with Gasteiger partial charge >= 0.3 is 5.97 Å². The average Bonchev–Trinajstić information content (AvgIpc) is 2.94. The molecule has 1 aliphatic heterocycles. The van der Waals surface area contributed by atoms with Crippen LogP contribution in [0.2, 0.25) is 0 Å². The molecule has 1 fully saturated rings. The molecule has 0 saturated carbocycles. The number of rotatable bonds is 10. The lowest BCUT2D eigenvalue weighted by Crippen LogP contribution is -2.31. The van der Waals surface area contributed by atoms with Crippen molar-refractivity contribution in [2.75, 3.05) is 26.4 Å². The minimum atomic E-state index is -0.470. The summed E-state index contributed by atoms with van der Waals surface area (Å²) in [4.78, 5) is 12.2. The SMILES string of the molecule is C=CCOCC(COCC1CCC(C)(C)O1)OC(=O)c1ccccc1. The largest absolute Gasteiger partial charge is 0.454 e. The first-order valence-corrected chi connectivity index (χ1v) is 8.70. The molecular formula is C20H28O5. The van der Waals surface area contributed by atoms with E-state index in [0.29, 0.717) is 18.8 Å². The van der Waals surface area contributed by atoms with E-state index < -0.39 is 6.10 Å². The smallest absolute Gasteiger partial charge is 0.338 e. The lowest BCUT2D eigenvalue weighted by Gasteiger charge is -2.21. The molecule has 1 aromatic carbocycles. The molecule has 2 atom stereocenters. The summed E-state index contributed by atoms with van der Waals surface area (Å²) in [5, 5.41) is 0. The predicted octanol–water partition coefficient (Wildman–Crippen LogP) is 3.39. The molecule has 0 bridgehead atoms. The van der Waals surface area contributed by atoms with Crippen molar-refractivity contribution in [1.29, 1.82) is 0 Å². The third-order valence-corrected chi connectivity index (χ3v) is 3.98. The highest BCUT2D eigenvalue weighted by atomic mass is 16.6. The Balaban J connectivity index is 1.80. The van der Waals surface area contributed by atoms with Gasteiger partial charge in [-0.05, 0) is 38.8 Å². The van der Waals surface area contributed by atoms with Crippen LogP contribution in [-0.4, -0.2) is 50.2 Å². The molecular weight excluding hydrogens is 320 g/mol. The van der Waals surface area contributed by atoms with Crippen LogP contribution in [0.5, 0.6) is 0 Å². The van der Waals surface area contributed by atoms with E-state index in [1.165, 1.54) is 0 Å². The normalized spacial score (nSPS) is 20.2. The molecule has 0 spiro atoms. The van der Waals surface area contributed by atoms with Crippen molar-refractivity contribution in [3.05, 3.63) is 48.6 Å². The van der Waals surface area contributed by atoms with Crippen molar-refractivity contribution in [1.82, 2.24) is 0 Å². The van der Waals surface area contributed by atoms with E-state index in [9.17, 15) is 4.79 Å². The standard InChI is InChI=1S/C20H28O5/c1-4-12-22-14-18(24-19(21)16-8-6-5-7-9-16)15-23-13-17-10-11-20(2,3)25-17/h4-9,17-18H,1,10-15H2,2-3H3. The van der Waals surface area contributed by atoms with Gasteiger partial charge in [0.1, 0.15) is 6.10 Å². The fraction of sp³-hybridized carbons (Fsp3) is 0.550. The molecule has 0 radical (unpaired) electrons. The van der Waals surface area contributed by atoms with Gasteiger partial charge in [-0.15, -0.1) is 6.58 Å². The fourth-order valence-corrected chi connectivity index (χ4v) is 2.72. The Kier molecular flexibility index (Phi) is 7.62. The van der Waals surface area contributed by atoms with Crippen LogP contribution >= 0.6 is 0 Å². The minimum absolute atomic E-state index is 0.0831. The van der Waals surface area contributed by atoms with Gasteiger partial charge in [0.05, 0.1) is 43.7 Å². The van der Waals surface area contributed by atoms with Crippen LogP contribution < -0.4 is 0 Å². The van der Waals surface area contributed by atoms with E-state index in [1.54, 1.807) is 30.3 Å². The van der Waals surface area contributed by atoms with Gasteiger partial charge in [-0.3, -0.25) is 0 Å². The van der Waals surface area contributed by atoms with Crippen LogP contribution in [0.15, 0.2) is 43.0 Å². The highest BCUT2D eigenvalue weighted by Crippen LogP contribution is 2.29.